The van der Waals surface area contributed by atoms with Gasteiger partial charge >= 0.3 is 5.97 Å². The lowest BCUT2D eigenvalue weighted by Gasteiger charge is -2.32. The zero-order chi connectivity index (χ0) is 14.5. The van der Waals surface area contributed by atoms with Crippen LogP contribution in [0.25, 0.3) is 0 Å². The summed E-state index contributed by atoms with van der Waals surface area (Å²) in [6.45, 7) is 6.45. The smallest absolute Gasteiger partial charge is 0.310 e. The maximum absolute atomic E-state index is 11.9. The van der Waals surface area contributed by atoms with Crippen molar-refractivity contribution in [3.05, 3.63) is 16.1 Å². The number of carboxylic acids is 1. The van der Waals surface area contributed by atoms with E-state index in [9.17, 15) is 9.90 Å². The molecule has 2 aliphatic rings. The molecule has 0 amide bonds. The van der Waals surface area contributed by atoms with E-state index >= 15 is 0 Å². The highest BCUT2D eigenvalue weighted by molar-refractivity contribution is 7.09. The molecule has 1 aromatic heterocycles. The minimum absolute atomic E-state index is 0.0415. The van der Waals surface area contributed by atoms with Gasteiger partial charge < -0.3 is 5.11 Å². The highest BCUT2D eigenvalue weighted by Gasteiger charge is 2.56. The van der Waals surface area contributed by atoms with Gasteiger partial charge in [-0.2, -0.15) is 0 Å². The van der Waals surface area contributed by atoms with Crippen LogP contribution in [-0.4, -0.2) is 16.1 Å². The van der Waals surface area contributed by atoms with Gasteiger partial charge in [-0.25, -0.2) is 4.98 Å². The molecule has 2 aliphatic carbocycles. The second-order valence-corrected chi connectivity index (χ2v) is 8.54. The SMILES string of the molecule is CC(C)(C)c1csc(CC2(C(=O)O)CC3CCC2C3)n1. The lowest BCUT2D eigenvalue weighted by molar-refractivity contribution is -0.152. The number of aromatic nitrogens is 1. The third kappa shape index (κ3) is 2.18. The van der Waals surface area contributed by atoms with Crippen LogP contribution in [0.2, 0.25) is 0 Å². The van der Waals surface area contributed by atoms with Gasteiger partial charge in [-0.05, 0) is 31.1 Å². The Morgan fingerprint density at radius 3 is 2.70 bits per heavy atom. The van der Waals surface area contributed by atoms with Gasteiger partial charge in [-0.3, -0.25) is 4.79 Å². The predicted octanol–water partition coefficient (Wildman–Crippen LogP) is 3.87. The van der Waals surface area contributed by atoms with Crippen LogP contribution in [0.1, 0.15) is 57.2 Å². The van der Waals surface area contributed by atoms with Crippen molar-refractivity contribution in [2.75, 3.05) is 0 Å². The van der Waals surface area contributed by atoms with Crippen LogP contribution in [0, 0.1) is 17.3 Å². The molecule has 3 unspecified atom stereocenters. The number of hydrogen-bond donors (Lipinski definition) is 1. The van der Waals surface area contributed by atoms with Gasteiger partial charge in [-0.15, -0.1) is 11.3 Å². The summed E-state index contributed by atoms with van der Waals surface area (Å²) < 4.78 is 0. The van der Waals surface area contributed by atoms with Crippen molar-refractivity contribution in [2.24, 2.45) is 17.3 Å². The maximum atomic E-state index is 11.9. The summed E-state index contributed by atoms with van der Waals surface area (Å²) in [5.41, 5.74) is 0.594. The average molecular weight is 293 g/mol. The van der Waals surface area contributed by atoms with Crippen LogP contribution in [-0.2, 0) is 16.6 Å². The topological polar surface area (TPSA) is 50.2 Å². The summed E-state index contributed by atoms with van der Waals surface area (Å²) in [5, 5.41) is 12.9. The lowest BCUT2D eigenvalue weighted by Crippen LogP contribution is -2.38. The number of carboxylic acid groups (broad SMARTS) is 1. The molecule has 3 nitrogen and oxygen atoms in total. The Morgan fingerprint density at radius 2 is 2.25 bits per heavy atom. The first-order valence-corrected chi connectivity index (χ1v) is 8.37. The van der Waals surface area contributed by atoms with Gasteiger partial charge in [0.2, 0.25) is 0 Å². The molecule has 0 spiro atoms. The van der Waals surface area contributed by atoms with E-state index in [0.29, 0.717) is 18.3 Å². The molecule has 0 saturated heterocycles. The predicted molar refractivity (Wildman–Crippen MR) is 80.0 cm³/mol. The number of rotatable bonds is 3. The number of nitrogens with zero attached hydrogens (tertiary/aromatic N) is 1. The van der Waals surface area contributed by atoms with E-state index in [1.54, 1.807) is 11.3 Å². The van der Waals surface area contributed by atoms with Gasteiger partial charge in [0.15, 0.2) is 0 Å². The molecular formula is C16H23NO2S. The molecule has 2 saturated carbocycles. The number of carbonyl (C=O) groups is 1. The van der Waals surface area contributed by atoms with E-state index in [1.165, 1.54) is 6.42 Å². The summed E-state index contributed by atoms with van der Waals surface area (Å²) in [6, 6.07) is 0. The highest BCUT2D eigenvalue weighted by atomic mass is 32.1. The van der Waals surface area contributed by atoms with Crippen LogP contribution in [0.15, 0.2) is 5.38 Å². The van der Waals surface area contributed by atoms with Crippen LogP contribution >= 0.6 is 11.3 Å². The molecular weight excluding hydrogens is 270 g/mol. The molecule has 1 heterocycles. The summed E-state index contributed by atoms with van der Waals surface area (Å²) in [6.07, 6.45) is 4.92. The van der Waals surface area contributed by atoms with Crippen LogP contribution in [0.4, 0.5) is 0 Å². The number of thiazole rings is 1. The zero-order valence-electron chi connectivity index (χ0n) is 12.5. The van der Waals surface area contributed by atoms with Crippen molar-refractivity contribution in [2.45, 2.75) is 58.3 Å². The Balaban J connectivity index is 1.85. The molecule has 110 valence electrons. The summed E-state index contributed by atoms with van der Waals surface area (Å²) in [5.74, 6) is 0.405. The van der Waals surface area contributed by atoms with Crippen molar-refractivity contribution < 1.29 is 9.90 Å². The Hall–Kier alpha value is -0.900. The van der Waals surface area contributed by atoms with Crippen LogP contribution in [0.3, 0.4) is 0 Å². The van der Waals surface area contributed by atoms with E-state index in [-0.39, 0.29) is 5.41 Å². The van der Waals surface area contributed by atoms with Gasteiger partial charge in [0.05, 0.1) is 16.1 Å². The van der Waals surface area contributed by atoms with E-state index in [1.807, 2.05) is 0 Å². The first kappa shape index (κ1) is 14.1. The van der Waals surface area contributed by atoms with Gasteiger partial charge in [0.25, 0.3) is 0 Å². The monoisotopic (exact) mass is 293 g/mol. The van der Waals surface area contributed by atoms with E-state index in [0.717, 1.165) is 30.0 Å². The first-order chi connectivity index (χ1) is 9.31. The van der Waals surface area contributed by atoms with Gasteiger partial charge in [0.1, 0.15) is 0 Å². The van der Waals surface area contributed by atoms with Crippen molar-refractivity contribution in [1.29, 1.82) is 0 Å². The molecule has 2 bridgehead atoms. The summed E-state index contributed by atoms with van der Waals surface area (Å²) in [7, 11) is 0. The molecule has 1 N–H and O–H groups in total. The zero-order valence-corrected chi connectivity index (χ0v) is 13.3. The highest BCUT2D eigenvalue weighted by Crippen LogP contribution is 2.57. The standard InChI is InChI=1S/C16H23NO2S/c1-15(2,3)12-9-20-13(17-12)8-16(14(18)19)7-10-4-5-11(16)6-10/h9-11H,4-8H2,1-3H3,(H,18,19). The normalized spacial score (nSPS) is 32.8. The summed E-state index contributed by atoms with van der Waals surface area (Å²) >= 11 is 1.63. The fourth-order valence-electron chi connectivity index (χ4n) is 4.00. The van der Waals surface area contributed by atoms with Crippen molar-refractivity contribution >= 4 is 17.3 Å². The van der Waals surface area contributed by atoms with Crippen molar-refractivity contribution in [3.8, 4) is 0 Å². The Morgan fingerprint density at radius 1 is 1.50 bits per heavy atom. The Labute approximate surface area is 124 Å². The Kier molecular flexibility index (Phi) is 3.20. The lowest BCUT2D eigenvalue weighted by atomic mass is 9.71. The molecule has 0 aliphatic heterocycles. The second kappa shape index (κ2) is 4.55. The number of hydrogen-bond acceptors (Lipinski definition) is 3. The quantitative estimate of drug-likeness (QED) is 0.920. The molecule has 2 fully saturated rings. The van der Waals surface area contributed by atoms with Crippen molar-refractivity contribution in [3.63, 3.8) is 0 Å². The van der Waals surface area contributed by atoms with Crippen LogP contribution < -0.4 is 0 Å². The molecule has 20 heavy (non-hydrogen) atoms. The number of fused-ring (bicyclic) bond motifs is 2. The van der Waals surface area contributed by atoms with E-state index in [4.69, 9.17) is 4.98 Å². The van der Waals surface area contributed by atoms with Crippen molar-refractivity contribution in [1.82, 2.24) is 4.98 Å². The molecule has 0 aromatic carbocycles. The maximum Gasteiger partial charge on any atom is 0.310 e. The average Bonchev–Trinajstić information content (AvgIpc) is 3.01. The van der Waals surface area contributed by atoms with Gasteiger partial charge in [-0.1, -0.05) is 27.2 Å². The first-order valence-electron chi connectivity index (χ1n) is 7.49. The fraction of sp³-hybridized carbons (Fsp3) is 0.750. The third-order valence-electron chi connectivity index (χ3n) is 5.19. The number of aliphatic carboxylic acids is 1. The molecule has 0 radical (unpaired) electrons. The molecule has 4 heteroatoms. The summed E-state index contributed by atoms with van der Waals surface area (Å²) in [4.78, 5) is 16.6. The largest absolute Gasteiger partial charge is 0.481 e. The van der Waals surface area contributed by atoms with E-state index < -0.39 is 11.4 Å². The minimum Gasteiger partial charge on any atom is -0.481 e. The van der Waals surface area contributed by atoms with Crippen LogP contribution in [0.5, 0.6) is 0 Å². The minimum atomic E-state index is -0.600. The molecule has 3 rings (SSSR count). The second-order valence-electron chi connectivity index (χ2n) is 7.59. The van der Waals surface area contributed by atoms with E-state index in [2.05, 4.69) is 26.2 Å². The fourth-order valence-corrected chi connectivity index (χ4v) is 5.15. The Bertz CT molecular complexity index is 531. The third-order valence-corrected chi connectivity index (χ3v) is 6.04. The van der Waals surface area contributed by atoms with Gasteiger partial charge in [0, 0.05) is 17.2 Å². The molecule has 1 aromatic rings. The molecule has 3 atom stereocenters.